The van der Waals surface area contributed by atoms with Crippen molar-refractivity contribution in [2.24, 2.45) is 5.73 Å². The molecule has 0 radical (unpaired) electrons. The van der Waals surface area contributed by atoms with Gasteiger partial charge >= 0.3 is 6.03 Å². The topological polar surface area (TPSA) is 107 Å². The summed E-state index contributed by atoms with van der Waals surface area (Å²) in [5.41, 5.74) is 5.46. The van der Waals surface area contributed by atoms with E-state index in [0.717, 1.165) is 24.6 Å². The number of nitrogens with one attached hydrogen (secondary N) is 1. The Kier molecular flexibility index (Phi) is 4.08. The molecule has 1 aromatic heterocycles. The molecule has 8 heteroatoms. The maximum absolute atomic E-state index is 12.7. The van der Waals surface area contributed by atoms with Crippen molar-refractivity contribution in [2.45, 2.75) is 36.2 Å². The summed E-state index contributed by atoms with van der Waals surface area (Å²) in [6.07, 6.45) is 1.85. The van der Waals surface area contributed by atoms with Crippen LogP contribution in [0.25, 0.3) is 10.9 Å². The van der Waals surface area contributed by atoms with Gasteiger partial charge < -0.3 is 5.73 Å². The molecular weight excluding hydrogens is 316 g/mol. The number of urea groups is 1. The van der Waals surface area contributed by atoms with E-state index in [2.05, 4.69) is 4.98 Å². The number of imide groups is 1. The zero-order valence-corrected chi connectivity index (χ0v) is 13.3. The molecule has 3 N–H and O–H groups in total. The van der Waals surface area contributed by atoms with Crippen LogP contribution in [-0.2, 0) is 4.79 Å². The van der Waals surface area contributed by atoms with Crippen molar-refractivity contribution in [2.75, 3.05) is 0 Å². The highest BCUT2D eigenvalue weighted by Crippen LogP contribution is 2.37. The molecule has 1 aromatic carbocycles. The number of hydrogen-bond acceptors (Lipinski definition) is 5. The highest BCUT2D eigenvalue weighted by molar-refractivity contribution is 8.00. The van der Waals surface area contributed by atoms with Crippen LogP contribution in [0.3, 0.4) is 0 Å². The van der Waals surface area contributed by atoms with Crippen LogP contribution in [-0.4, -0.2) is 26.7 Å². The zero-order chi connectivity index (χ0) is 16.6. The van der Waals surface area contributed by atoms with E-state index in [1.807, 2.05) is 11.4 Å². The molecule has 1 atom stereocenters. The number of hydrogen-bond donors (Lipinski definition) is 2. The van der Waals surface area contributed by atoms with Gasteiger partial charge in [-0.05, 0) is 31.9 Å². The van der Waals surface area contributed by atoms with Gasteiger partial charge in [-0.15, -0.1) is 0 Å². The summed E-state index contributed by atoms with van der Waals surface area (Å²) in [6.45, 7) is 1.64. The number of nitrogens with zero attached hydrogens (tertiary/aromatic N) is 2. The first-order valence-corrected chi connectivity index (χ1v) is 8.13. The second-order valence-corrected chi connectivity index (χ2v) is 6.74. The number of nitrogens with two attached hydrogens (primary N) is 1. The van der Waals surface area contributed by atoms with Gasteiger partial charge in [-0.2, -0.15) is 0 Å². The van der Waals surface area contributed by atoms with Crippen molar-refractivity contribution in [3.8, 4) is 0 Å². The number of carbonyl (C=O) groups excluding carboxylic acids is 2. The molecule has 0 spiro atoms. The maximum Gasteiger partial charge on any atom is 0.318 e. The SMILES string of the molecule is C[C@@H](Sc1nc2ccccc2c(=O)n1C1CC1)C(=O)NC(N)=O. The molecular formula is C15H16N4O3S. The molecule has 0 aliphatic heterocycles. The number of para-hydroxylation sites is 1. The average Bonchev–Trinajstić information content (AvgIpc) is 3.31. The normalized spacial score (nSPS) is 15.3. The van der Waals surface area contributed by atoms with Crippen molar-refractivity contribution in [3.05, 3.63) is 34.6 Å². The first-order valence-electron chi connectivity index (χ1n) is 7.25. The summed E-state index contributed by atoms with van der Waals surface area (Å²) in [6, 6.07) is 6.38. The Hall–Kier alpha value is -2.35. The Morgan fingerprint density at radius 2 is 2.09 bits per heavy atom. The fourth-order valence-electron chi connectivity index (χ4n) is 2.30. The van der Waals surface area contributed by atoms with E-state index in [1.165, 1.54) is 0 Å². The largest absolute Gasteiger partial charge is 0.351 e. The van der Waals surface area contributed by atoms with Crippen LogP contribution in [0, 0.1) is 0 Å². The zero-order valence-electron chi connectivity index (χ0n) is 12.5. The minimum atomic E-state index is -0.895. The van der Waals surface area contributed by atoms with Crippen LogP contribution in [0.5, 0.6) is 0 Å². The van der Waals surface area contributed by atoms with Gasteiger partial charge in [0.1, 0.15) is 0 Å². The van der Waals surface area contributed by atoms with Crippen LogP contribution < -0.4 is 16.6 Å². The molecule has 0 saturated heterocycles. The fourth-order valence-corrected chi connectivity index (χ4v) is 3.28. The highest BCUT2D eigenvalue weighted by atomic mass is 32.2. The van der Waals surface area contributed by atoms with Gasteiger partial charge in [-0.1, -0.05) is 23.9 Å². The van der Waals surface area contributed by atoms with Crippen LogP contribution in [0.2, 0.25) is 0 Å². The fraction of sp³-hybridized carbons (Fsp3) is 0.333. The lowest BCUT2D eigenvalue weighted by Gasteiger charge is -2.15. The molecule has 1 aliphatic carbocycles. The van der Waals surface area contributed by atoms with Gasteiger partial charge in [-0.3, -0.25) is 19.5 Å². The number of benzene rings is 1. The number of primary amides is 1. The maximum atomic E-state index is 12.7. The van der Waals surface area contributed by atoms with E-state index in [0.29, 0.717) is 16.1 Å². The van der Waals surface area contributed by atoms with E-state index in [-0.39, 0.29) is 11.6 Å². The summed E-state index contributed by atoms with van der Waals surface area (Å²) in [5.74, 6) is -0.507. The summed E-state index contributed by atoms with van der Waals surface area (Å²) in [4.78, 5) is 39.9. The predicted octanol–water partition coefficient (Wildman–Crippen LogP) is 1.41. The number of fused-ring (bicyclic) bond motifs is 1. The van der Waals surface area contributed by atoms with Gasteiger partial charge in [0.05, 0.1) is 16.2 Å². The molecule has 7 nitrogen and oxygen atoms in total. The van der Waals surface area contributed by atoms with Crippen LogP contribution in [0.15, 0.2) is 34.2 Å². The minimum absolute atomic E-state index is 0.0943. The van der Waals surface area contributed by atoms with Gasteiger partial charge in [0.25, 0.3) is 5.56 Å². The van der Waals surface area contributed by atoms with Gasteiger partial charge in [0.2, 0.25) is 5.91 Å². The third-order valence-electron chi connectivity index (χ3n) is 3.59. The molecule has 1 heterocycles. The number of amides is 3. The van der Waals surface area contributed by atoms with Crippen LogP contribution in [0.4, 0.5) is 4.79 Å². The first kappa shape index (κ1) is 15.5. The molecule has 23 heavy (non-hydrogen) atoms. The first-order chi connectivity index (χ1) is 11.0. The highest BCUT2D eigenvalue weighted by Gasteiger charge is 2.30. The molecule has 1 aliphatic rings. The van der Waals surface area contributed by atoms with Gasteiger partial charge in [0, 0.05) is 6.04 Å². The van der Waals surface area contributed by atoms with E-state index in [4.69, 9.17) is 5.73 Å². The van der Waals surface area contributed by atoms with E-state index >= 15 is 0 Å². The predicted molar refractivity (Wildman–Crippen MR) is 87.3 cm³/mol. The Labute approximate surface area is 136 Å². The molecule has 2 aromatic rings. The Bertz CT molecular complexity index is 844. The van der Waals surface area contributed by atoms with Crippen molar-refractivity contribution in [3.63, 3.8) is 0 Å². The molecule has 1 saturated carbocycles. The van der Waals surface area contributed by atoms with Crippen molar-refractivity contribution in [1.29, 1.82) is 0 Å². The van der Waals surface area contributed by atoms with Gasteiger partial charge in [0.15, 0.2) is 5.16 Å². The van der Waals surface area contributed by atoms with Crippen LogP contribution >= 0.6 is 11.8 Å². The number of carbonyl (C=O) groups is 2. The Morgan fingerprint density at radius 1 is 1.39 bits per heavy atom. The molecule has 120 valence electrons. The molecule has 3 amide bonds. The van der Waals surface area contributed by atoms with Crippen molar-refractivity contribution < 1.29 is 9.59 Å². The third kappa shape index (κ3) is 3.21. The number of aromatic nitrogens is 2. The lowest BCUT2D eigenvalue weighted by atomic mass is 10.2. The summed E-state index contributed by atoms with van der Waals surface area (Å²) in [7, 11) is 0. The number of rotatable bonds is 4. The second-order valence-electron chi connectivity index (χ2n) is 5.43. The summed E-state index contributed by atoms with van der Waals surface area (Å²) >= 11 is 1.15. The van der Waals surface area contributed by atoms with E-state index in [9.17, 15) is 14.4 Å². The smallest absolute Gasteiger partial charge is 0.318 e. The lowest BCUT2D eigenvalue weighted by molar-refractivity contribution is -0.119. The van der Waals surface area contributed by atoms with Crippen LogP contribution in [0.1, 0.15) is 25.8 Å². The minimum Gasteiger partial charge on any atom is -0.351 e. The van der Waals surface area contributed by atoms with Crippen molar-refractivity contribution in [1.82, 2.24) is 14.9 Å². The number of thioether (sulfide) groups is 1. The van der Waals surface area contributed by atoms with E-state index < -0.39 is 17.2 Å². The lowest BCUT2D eigenvalue weighted by Crippen LogP contribution is -2.39. The Balaban J connectivity index is 1.99. The average molecular weight is 332 g/mol. The Morgan fingerprint density at radius 3 is 2.74 bits per heavy atom. The monoisotopic (exact) mass is 332 g/mol. The van der Waals surface area contributed by atoms with E-state index in [1.54, 1.807) is 29.7 Å². The quantitative estimate of drug-likeness (QED) is 0.650. The van der Waals surface area contributed by atoms with Gasteiger partial charge in [-0.25, -0.2) is 9.78 Å². The summed E-state index contributed by atoms with van der Waals surface area (Å²) in [5, 5.41) is 2.50. The standard InChI is InChI=1S/C15H16N4O3S/c1-8(12(20)18-14(16)22)23-15-17-11-5-3-2-4-10(11)13(21)19(15)9-6-7-9/h2-5,8-9H,6-7H2,1H3,(H3,16,18,20,22)/t8-/m1/s1. The van der Waals surface area contributed by atoms with Crippen molar-refractivity contribution >= 4 is 34.6 Å². The third-order valence-corrected chi connectivity index (χ3v) is 4.65. The molecule has 0 unspecified atom stereocenters. The second kappa shape index (κ2) is 6.04. The summed E-state index contributed by atoms with van der Waals surface area (Å²) < 4.78 is 1.65. The molecule has 0 bridgehead atoms. The molecule has 1 fully saturated rings. The molecule has 3 rings (SSSR count).